The smallest absolute Gasteiger partial charge is 0.319 e. The van der Waals surface area contributed by atoms with Crippen LogP contribution in [0.2, 0.25) is 0 Å². The number of nitrogens with one attached hydrogen (secondary N) is 2. The molecule has 4 heteroatoms. The van der Waals surface area contributed by atoms with Crippen LogP contribution in [0.1, 0.15) is 25.3 Å². The maximum absolute atomic E-state index is 11.5. The number of aryl methyl sites for hydroxylation is 1. The minimum absolute atomic E-state index is 0.185. The summed E-state index contributed by atoms with van der Waals surface area (Å²) >= 11 is 0. The third-order valence-electron chi connectivity index (χ3n) is 2.78. The van der Waals surface area contributed by atoms with E-state index < -0.39 is 0 Å². The summed E-state index contributed by atoms with van der Waals surface area (Å²) in [6.07, 6.45) is 1.80. The van der Waals surface area contributed by atoms with Crippen molar-refractivity contribution in [1.82, 2.24) is 5.32 Å². The van der Waals surface area contributed by atoms with Crippen molar-refractivity contribution >= 4 is 11.7 Å². The lowest BCUT2D eigenvalue weighted by Gasteiger charge is -2.09. The second-order valence-electron chi connectivity index (χ2n) is 4.68. The molecular weight excluding hydrogens is 228 g/mol. The quantitative estimate of drug-likeness (QED) is 0.679. The Morgan fingerprint density at radius 2 is 2.00 bits per heavy atom. The Morgan fingerprint density at radius 1 is 1.33 bits per heavy atom. The number of aliphatic hydroxyl groups excluding tert-OH is 1. The molecule has 1 unspecified atom stereocenters. The average molecular weight is 250 g/mol. The Balaban J connectivity index is 2.19. The highest BCUT2D eigenvalue weighted by Gasteiger charge is 2.02. The minimum Gasteiger partial charge on any atom is -0.396 e. The first-order valence-electron chi connectivity index (χ1n) is 6.34. The van der Waals surface area contributed by atoms with Crippen molar-refractivity contribution in [2.45, 2.75) is 26.7 Å². The highest BCUT2D eigenvalue weighted by Crippen LogP contribution is 2.08. The molecule has 0 radical (unpaired) electrons. The van der Waals surface area contributed by atoms with Crippen LogP contribution in [0.4, 0.5) is 10.5 Å². The molecule has 0 fully saturated rings. The Bertz CT molecular complexity index is 363. The highest BCUT2D eigenvalue weighted by molar-refractivity contribution is 5.89. The summed E-state index contributed by atoms with van der Waals surface area (Å²) < 4.78 is 0. The van der Waals surface area contributed by atoms with E-state index in [1.54, 1.807) is 0 Å². The third-order valence-corrected chi connectivity index (χ3v) is 2.78. The van der Waals surface area contributed by atoms with E-state index in [0.29, 0.717) is 12.5 Å². The summed E-state index contributed by atoms with van der Waals surface area (Å²) in [7, 11) is 0. The molecule has 0 heterocycles. The maximum atomic E-state index is 11.5. The highest BCUT2D eigenvalue weighted by atomic mass is 16.3. The van der Waals surface area contributed by atoms with Gasteiger partial charge in [-0.2, -0.15) is 0 Å². The van der Waals surface area contributed by atoms with Crippen molar-refractivity contribution in [3.8, 4) is 0 Å². The first-order valence-corrected chi connectivity index (χ1v) is 6.34. The van der Waals surface area contributed by atoms with E-state index in [1.165, 1.54) is 5.56 Å². The fourth-order valence-electron chi connectivity index (χ4n) is 1.56. The molecule has 0 aromatic heterocycles. The van der Waals surface area contributed by atoms with Gasteiger partial charge in [0.2, 0.25) is 0 Å². The lowest BCUT2D eigenvalue weighted by Crippen LogP contribution is -2.29. The van der Waals surface area contributed by atoms with Gasteiger partial charge in [-0.1, -0.05) is 24.6 Å². The number of benzene rings is 1. The van der Waals surface area contributed by atoms with E-state index in [-0.39, 0.29) is 12.6 Å². The molecule has 1 atom stereocenters. The molecule has 0 aliphatic rings. The summed E-state index contributed by atoms with van der Waals surface area (Å²) in [6.45, 7) is 4.83. The molecular formula is C14H22N2O2. The average Bonchev–Trinajstić information content (AvgIpc) is 2.37. The number of hydrogen-bond acceptors (Lipinski definition) is 2. The molecule has 2 amide bonds. The van der Waals surface area contributed by atoms with E-state index in [9.17, 15) is 4.79 Å². The van der Waals surface area contributed by atoms with E-state index in [4.69, 9.17) is 5.11 Å². The second kappa shape index (κ2) is 7.71. The first-order chi connectivity index (χ1) is 8.61. The minimum atomic E-state index is -0.185. The summed E-state index contributed by atoms with van der Waals surface area (Å²) in [5.74, 6) is 0.298. The van der Waals surface area contributed by atoms with Crippen molar-refractivity contribution in [3.05, 3.63) is 29.8 Å². The largest absolute Gasteiger partial charge is 0.396 e. The van der Waals surface area contributed by atoms with Crippen molar-refractivity contribution in [1.29, 1.82) is 0 Å². The normalized spacial score (nSPS) is 11.9. The van der Waals surface area contributed by atoms with Crippen LogP contribution >= 0.6 is 0 Å². The number of aliphatic hydroxyl groups is 1. The molecule has 3 N–H and O–H groups in total. The van der Waals surface area contributed by atoms with E-state index in [2.05, 4.69) is 10.6 Å². The lowest BCUT2D eigenvalue weighted by atomic mass is 10.1. The van der Waals surface area contributed by atoms with E-state index >= 15 is 0 Å². The number of urea groups is 1. The fraction of sp³-hybridized carbons (Fsp3) is 0.500. The van der Waals surface area contributed by atoms with Gasteiger partial charge in [0.1, 0.15) is 0 Å². The molecule has 0 spiro atoms. The summed E-state index contributed by atoms with van der Waals surface area (Å²) in [6, 6.07) is 7.48. The van der Waals surface area contributed by atoms with Gasteiger partial charge >= 0.3 is 6.03 Å². The van der Waals surface area contributed by atoms with Gasteiger partial charge < -0.3 is 15.7 Å². The maximum Gasteiger partial charge on any atom is 0.319 e. The van der Waals surface area contributed by atoms with Crippen LogP contribution in [-0.4, -0.2) is 24.3 Å². The van der Waals surface area contributed by atoms with Crippen LogP contribution < -0.4 is 10.6 Å². The molecule has 1 aromatic carbocycles. The predicted octanol–water partition coefficient (Wildman–Crippen LogP) is 2.53. The molecule has 1 rings (SSSR count). The van der Waals surface area contributed by atoms with Crippen LogP contribution in [-0.2, 0) is 0 Å². The van der Waals surface area contributed by atoms with Crippen LogP contribution in [0.3, 0.4) is 0 Å². The molecule has 0 saturated heterocycles. The van der Waals surface area contributed by atoms with Gasteiger partial charge in [-0.25, -0.2) is 4.79 Å². The molecule has 18 heavy (non-hydrogen) atoms. The number of rotatable bonds is 6. The van der Waals surface area contributed by atoms with Gasteiger partial charge in [-0.3, -0.25) is 0 Å². The van der Waals surface area contributed by atoms with Gasteiger partial charge in [0.05, 0.1) is 0 Å². The molecule has 1 aromatic rings. The molecule has 4 nitrogen and oxygen atoms in total. The zero-order valence-electron chi connectivity index (χ0n) is 11.1. The molecule has 0 aliphatic heterocycles. The van der Waals surface area contributed by atoms with E-state index in [0.717, 1.165) is 18.5 Å². The summed E-state index contributed by atoms with van der Waals surface area (Å²) in [4.78, 5) is 11.5. The Labute approximate surface area is 108 Å². The van der Waals surface area contributed by atoms with E-state index in [1.807, 2.05) is 38.1 Å². The fourth-order valence-corrected chi connectivity index (χ4v) is 1.56. The van der Waals surface area contributed by atoms with Gasteiger partial charge in [-0.15, -0.1) is 0 Å². The molecule has 100 valence electrons. The zero-order valence-corrected chi connectivity index (χ0v) is 11.1. The van der Waals surface area contributed by atoms with Gasteiger partial charge in [0.25, 0.3) is 0 Å². The van der Waals surface area contributed by atoms with Crippen LogP contribution in [0.15, 0.2) is 24.3 Å². The SMILES string of the molecule is Cc1ccc(NC(=O)NCCCC(C)CO)cc1. The van der Waals surface area contributed by atoms with Crippen molar-refractivity contribution < 1.29 is 9.90 Å². The Morgan fingerprint density at radius 3 is 2.61 bits per heavy atom. The number of amides is 2. The van der Waals surface area contributed by atoms with Gasteiger partial charge in [0, 0.05) is 18.8 Å². The monoisotopic (exact) mass is 250 g/mol. The number of carbonyl (C=O) groups excluding carboxylic acids is 1. The van der Waals surface area contributed by atoms with Crippen molar-refractivity contribution in [3.63, 3.8) is 0 Å². The number of carbonyl (C=O) groups is 1. The van der Waals surface area contributed by atoms with Crippen LogP contribution in [0.25, 0.3) is 0 Å². The second-order valence-corrected chi connectivity index (χ2v) is 4.68. The van der Waals surface area contributed by atoms with Crippen LogP contribution in [0, 0.1) is 12.8 Å². The molecule has 0 saturated carbocycles. The topological polar surface area (TPSA) is 61.4 Å². The van der Waals surface area contributed by atoms with Gasteiger partial charge in [-0.05, 0) is 37.8 Å². The summed E-state index contributed by atoms with van der Waals surface area (Å²) in [5.41, 5.74) is 1.96. The summed E-state index contributed by atoms with van der Waals surface area (Å²) in [5, 5.41) is 14.4. The first kappa shape index (κ1) is 14.5. The predicted molar refractivity (Wildman–Crippen MR) is 73.7 cm³/mol. The van der Waals surface area contributed by atoms with Crippen molar-refractivity contribution in [2.75, 3.05) is 18.5 Å². The zero-order chi connectivity index (χ0) is 13.4. The number of anilines is 1. The standard InChI is InChI=1S/C14H22N2O2/c1-11-5-7-13(8-6-11)16-14(18)15-9-3-4-12(2)10-17/h5-8,12,17H,3-4,9-10H2,1-2H3,(H2,15,16,18). The van der Waals surface area contributed by atoms with Crippen LogP contribution in [0.5, 0.6) is 0 Å². The van der Waals surface area contributed by atoms with Gasteiger partial charge in [0.15, 0.2) is 0 Å². The third kappa shape index (κ3) is 5.68. The molecule has 0 bridgehead atoms. The lowest BCUT2D eigenvalue weighted by molar-refractivity contribution is 0.227. The van der Waals surface area contributed by atoms with Crippen molar-refractivity contribution in [2.24, 2.45) is 5.92 Å². The molecule has 0 aliphatic carbocycles. The number of hydrogen-bond donors (Lipinski definition) is 3. The Hall–Kier alpha value is -1.55. The Kier molecular flexibility index (Phi) is 6.22.